The maximum absolute atomic E-state index is 2.31. The Kier molecular flexibility index (Phi) is 4.38. The lowest BCUT2D eigenvalue weighted by molar-refractivity contribution is 0.589. The normalized spacial score (nSPS) is 12.9. The molecule has 0 aromatic heterocycles. The summed E-state index contributed by atoms with van der Waals surface area (Å²) in [6, 6.07) is 4.52. The molecule has 0 bridgehead atoms. The molecule has 1 unspecified atom stereocenters. The average Bonchev–Trinajstić information content (AvgIpc) is 2.22. The largest absolute Gasteiger partial charge is 0.0654 e. The molecule has 0 N–H and O–H groups in total. The van der Waals surface area contributed by atoms with Gasteiger partial charge >= 0.3 is 0 Å². The van der Waals surface area contributed by atoms with Gasteiger partial charge in [0.05, 0.1) is 0 Å². The van der Waals surface area contributed by atoms with E-state index >= 15 is 0 Å². The van der Waals surface area contributed by atoms with Crippen LogP contribution in [0.3, 0.4) is 0 Å². The zero-order valence-corrected chi connectivity index (χ0v) is 10.9. The molecule has 0 saturated carbocycles. The number of benzene rings is 1. The van der Waals surface area contributed by atoms with E-state index in [9.17, 15) is 0 Å². The Hall–Kier alpha value is -0.780. The second-order valence-electron chi connectivity index (χ2n) is 4.63. The summed E-state index contributed by atoms with van der Waals surface area (Å²) in [7, 11) is 0. The second-order valence-corrected chi connectivity index (χ2v) is 4.63. The molecule has 1 rings (SSSR count). The maximum Gasteiger partial charge on any atom is -0.0159 e. The summed E-state index contributed by atoms with van der Waals surface area (Å²) >= 11 is 0. The fraction of sp³-hybridized carbons (Fsp3) is 0.600. The Balaban J connectivity index is 3.15. The van der Waals surface area contributed by atoms with Crippen LogP contribution >= 0.6 is 0 Å². The lowest BCUT2D eigenvalue weighted by Crippen LogP contribution is -2.04. The SMILES string of the molecule is CCCC(CC)c1c(C)ccc(C)c1C. The number of hydrogen-bond donors (Lipinski definition) is 0. The van der Waals surface area contributed by atoms with Crippen molar-refractivity contribution in [1.82, 2.24) is 0 Å². The van der Waals surface area contributed by atoms with Gasteiger partial charge in [-0.15, -0.1) is 0 Å². The minimum atomic E-state index is 0.759. The highest BCUT2D eigenvalue weighted by molar-refractivity contribution is 5.41. The van der Waals surface area contributed by atoms with Gasteiger partial charge in [-0.2, -0.15) is 0 Å². The molecular formula is C15H24. The molecule has 15 heavy (non-hydrogen) atoms. The van der Waals surface area contributed by atoms with Crippen molar-refractivity contribution in [1.29, 1.82) is 0 Å². The number of hydrogen-bond acceptors (Lipinski definition) is 0. The minimum Gasteiger partial charge on any atom is -0.0654 e. The van der Waals surface area contributed by atoms with E-state index in [1.165, 1.54) is 36.0 Å². The van der Waals surface area contributed by atoms with Gasteiger partial charge in [-0.3, -0.25) is 0 Å². The summed E-state index contributed by atoms with van der Waals surface area (Å²) in [4.78, 5) is 0. The molecule has 1 aromatic carbocycles. The van der Waals surface area contributed by atoms with Crippen molar-refractivity contribution in [3.05, 3.63) is 34.4 Å². The van der Waals surface area contributed by atoms with E-state index in [0.717, 1.165) is 5.92 Å². The predicted molar refractivity (Wildman–Crippen MR) is 68.6 cm³/mol. The molecule has 0 aliphatic rings. The molecule has 0 nitrogen and oxygen atoms in total. The van der Waals surface area contributed by atoms with Crippen LogP contribution in [-0.2, 0) is 0 Å². The summed E-state index contributed by atoms with van der Waals surface area (Å²) in [5.74, 6) is 0.759. The Morgan fingerprint density at radius 2 is 1.60 bits per heavy atom. The highest BCUT2D eigenvalue weighted by Gasteiger charge is 2.14. The van der Waals surface area contributed by atoms with Crippen molar-refractivity contribution >= 4 is 0 Å². The van der Waals surface area contributed by atoms with Crippen molar-refractivity contribution in [2.45, 2.75) is 59.8 Å². The van der Waals surface area contributed by atoms with Gasteiger partial charge in [-0.25, -0.2) is 0 Å². The van der Waals surface area contributed by atoms with Gasteiger partial charge in [0.1, 0.15) is 0 Å². The summed E-state index contributed by atoms with van der Waals surface area (Å²) < 4.78 is 0. The van der Waals surface area contributed by atoms with E-state index in [2.05, 4.69) is 46.8 Å². The monoisotopic (exact) mass is 204 g/mol. The number of aryl methyl sites for hydroxylation is 2. The van der Waals surface area contributed by atoms with Crippen LogP contribution in [0.5, 0.6) is 0 Å². The van der Waals surface area contributed by atoms with Crippen LogP contribution in [-0.4, -0.2) is 0 Å². The Labute approximate surface area is 94.7 Å². The molecule has 0 aliphatic carbocycles. The maximum atomic E-state index is 2.31. The lowest BCUT2D eigenvalue weighted by Gasteiger charge is -2.21. The van der Waals surface area contributed by atoms with Crippen molar-refractivity contribution < 1.29 is 0 Å². The second kappa shape index (κ2) is 5.34. The van der Waals surface area contributed by atoms with E-state index in [-0.39, 0.29) is 0 Å². The van der Waals surface area contributed by atoms with Crippen LogP contribution in [0.1, 0.15) is 61.3 Å². The van der Waals surface area contributed by atoms with E-state index in [0.29, 0.717) is 0 Å². The lowest BCUT2D eigenvalue weighted by atomic mass is 9.84. The van der Waals surface area contributed by atoms with E-state index in [1.807, 2.05) is 0 Å². The van der Waals surface area contributed by atoms with Crippen molar-refractivity contribution in [3.63, 3.8) is 0 Å². The van der Waals surface area contributed by atoms with Crippen molar-refractivity contribution in [2.24, 2.45) is 0 Å². The zero-order chi connectivity index (χ0) is 11.4. The molecule has 0 heteroatoms. The van der Waals surface area contributed by atoms with E-state index < -0.39 is 0 Å². The predicted octanol–water partition coefficient (Wildman–Crippen LogP) is 4.91. The Morgan fingerprint density at radius 1 is 1.00 bits per heavy atom. The van der Waals surface area contributed by atoms with Gasteiger partial charge in [0.25, 0.3) is 0 Å². The standard InChI is InChI=1S/C15H24/c1-6-8-14(7-2)15-12(4)10-9-11(3)13(15)5/h9-10,14H,6-8H2,1-5H3. The summed E-state index contributed by atoms with van der Waals surface area (Å²) in [6.45, 7) is 11.3. The average molecular weight is 204 g/mol. The fourth-order valence-corrected chi connectivity index (χ4v) is 2.50. The Morgan fingerprint density at radius 3 is 2.13 bits per heavy atom. The first-order valence-electron chi connectivity index (χ1n) is 6.18. The highest BCUT2D eigenvalue weighted by atomic mass is 14.2. The van der Waals surface area contributed by atoms with Gasteiger partial charge in [0, 0.05) is 0 Å². The fourth-order valence-electron chi connectivity index (χ4n) is 2.50. The smallest absolute Gasteiger partial charge is 0.0159 e. The minimum absolute atomic E-state index is 0.759. The van der Waals surface area contributed by atoms with Gasteiger partial charge in [0.15, 0.2) is 0 Å². The summed E-state index contributed by atoms with van der Waals surface area (Å²) in [5, 5.41) is 0. The molecule has 0 amide bonds. The Bertz CT molecular complexity index is 323. The molecule has 84 valence electrons. The third kappa shape index (κ3) is 2.62. The van der Waals surface area contributed by atoms with Crippen LogP contribution in [0, 0.1) is 20.8 Å². The number of rotatable bonds is 4. The van der Waals surface area contributed by atoms with Gasteiger partial charge < -0.3 is 0 Å². The topological polar surface area (TPSA) is 0 Å². The van der Waals surface area contributed by atoms with Crippen molar-refractivity contribution in [2.75, 3.05) is 0 Å². The highest BCUT2D eigenvalue weighted by Crippen LogP contribution is 2.31. The van der Waals surface area contributed by atoms with Crippen LogP contribution in [0.2, 0.25) is 0 Å². The first kappa shape index (κ1) is 12.3. The molecule has 1 atom stereocenters. The van der Waals surface area contributed by atoms with Gasteiger partial charge in [-0.1, -0.05) is 32.4 Å². The molecule has 0 saturated heterocycles. The molecule has 0 heterocycles. The van der Waals surface area contributed by atoms with Crippen LogP contribution in [0.4, 0.5) is 0 Å². The first-order valence-corrected chi connectivity index (χ1v) is 6.18. The molecule has 1 aromatic rings. The van der Waals surface area contributed by atoms with Crippen LogP contribution < -0.4 is 0 Å². The van der Waals surface area contributed by atoms with Crippen LogP contribution in [0.25, 0.3) is 0 Å². The summed E-state index contributed by atoms with van der Waals surface area (Å²) in [5.41, 5.74) is 6.03. The molecule has 0 spiro atoms. The van der Waals surface area contributed by atoms with Crippen LogP contribution in [0.15, 0.2) is 12.1 Å². The molecule has 0 aliphatic heterocycles. The third-order valence-corrected chi connectivity index (χ3v) is 3.54. The third-order valence-electron chi connectivity index (χ3n) is 3.54. The first-order chi connectivity index (χ1) is 7.11. The molecule has 0 fully saturated rings. The molecular weight excluding hydrogens is 180 g/mol. The van der Waals surface area contributed by atoms with E-state index in [1.54, 1.807) is 5.56 Å². The van der Waals surface area contributed by atoms with Crippen molar-refractivity contribution in [3.8, 4) is 0 Å². The zero-order valence-electron chi connectivity index (χ0n) is 10.9. The van der Waals surface area contributed by atoms with Gasteiger partial charge in [-0.05, 0) is 61.8 Å². The molecule has 0 radical (unpaired) electrons. The summed E-state index contributed by atoms with van der Waals surface area (Å²) in [6.07, 6.45) is 3.87. The quantitative estimate of drug-likeness (QED) is 0.654. The van der Waals surface area contributed by atoms with Gasteiger partial charge in [0.2, 0.25) is 0 Å². The van der Waals surface area contributed by atoms with E-state index in [4.69, 9.17) is 0 Å².